The lowest BCUT2D eigenvalue weighted by molar-refractivity contribution is -0.150. The van der Waals surface area contributed by atoms with Crippen molar-refractivity contribution in [3.63, 3.8) is 0 Å². The highest BCUT2D eigenvalue weighted by Gasteiger charge is 2.59. The molecule has 0 aromatic heterocycles. The third kappa shape index (κ3) is 2.25. The number of methoxy groups -OCH3 is 1. The predicted octanol–water partition coefficient (Wildman–Crippen LogP) is 2.47. The summed E-state index contributed by atoms with van der Waals surface area (Å²) in [6.45, 7) is 3.73. The van der Waals surface area contributed by atoms with Gasteiger partial charge in [-0.2, -0.15) is 5.26 Å². The molecule has 2 rings (SSSR count). The van der Waals surface area contributed by atoms with Gasteiger partial charge < -0.3 is 9.53 Å². The molecule has 0 amide bonds. The summed E-state index contributed by atoms with van der Waals surface area (Å²) in [6.07, 6.45) is 2.73. The average molecular weight is 283 g/mol. The average Bonchev–Trinajstić information content (AvgIpc) is 2.89. The first kappa shape index (κ1) is 15.0. The number of hydrogen-bond donors (Lipinski definition) is 0. The van der Waals surface area contributed by atoms with Gasteiger partial charge in [0.2, 0.25) is 0 Å². The highest BCUT2D eigenvalue weighted by molar-refractivity contribution is 5.84. The number of esters is 1. The van der Waals surface area contributed by atoms with Crippen LogP contribution in [0.4, 0.5) is 0 Å². The van der Waals surface area contributed by atoms with E-state index in [1.807, 2.05) is 30.3 Å². The fraction of sp³-hybridized carbons (Fsp3) is 0.353. The zero-order valence-corrected chi connectivity index (χ0v) is 11.9. The lowest BCUT2D eigenvalue weighted by Crippen LogP contribution is -2.35. The summed E-state index contributed by atoms with van der Waals surface area (Å²) < 4.78 is 4.85. The second-order valence-corrected chi connectivity index (χ2v) is 5.28. The van der Waals surface area contributed by atoms with Crippen molar-refractivity contribution in [1.29, 1.82) is 5.26 Å². The lowest BCUT2D eigenvalue weighted by Gasteiger charge is -2.27. The Morgan fingerprint density at radius 3 is 2.62 bits per heavy atom. The first-order chi connectivity index (χ1) is 10.1. The van der Waals surface area contributed by atoms with E-state index in [9.17, 15) is 14.9 Å². The Bertz CT molecular complexity index is 590. The normalized spacial score (nSPS) is 31.1. The number of nitrogens with zero attached hydrogens (tertiary/aromatic N) is 1. The molecule has 1 aliphatic rings. The molecule has 4 atom stereocenters. The number of nitriles is 1. The Kier molecular flexibility index (Phi) is 4.23. The van der Waals surface area contributed by atoms with E-state index in [1.54, 1.807) is 6.08 Å². The monoisotopic (exact) mass is 283 g/mol. The van der Waals surface area contributed by atoms with E-state index in [0.29, 0.717) is 0 Å². The molecule has 0 bridgehead atoms. The van der Waals surface area contributed by atoms with Crippen molar-refractivity contribution in [2.75, 3.05) is 7.11 Å². The summed E-state index contributed by atoms with van der Waals surface area (Å²) in [6, 6.07) is 11.3. The molecular weight excluding hydrogens is 266 g/mol. The molecule has 108 valence electrons. The van der Waals surface area contributed by atoms with Gasteiger partial charge in [0.1, 0.15) is 6.29 Å². The van der Waals surface area contributed by atoms with E-state index in [-0.39, 0.29) is 12.3 Å². The molecule has 4 nitrogen and oxygen atoms in total. The van der Waals surface area contributed by atoms with Crippen LogP contribution in [0.3, 0.4) is 0 Å². The van der Waals surface area contributed by atoms with Gasteiger partial charge in [-0.25, -0.2) is 0 Å². The second-order valence-electron chi connectivity index (χ2n) is 5.28. The van der Waals surface area contributed by atoms with Crippen molar-refractivity contribution in [3.8, 4) is 6.07 Å². The summed E-state index contributed by atoms with van der Waals surface area (Å²) in [5, 5.41) is 9.68. The highest BCUT2D eigenvalue weighted by Crippen LogP contribution is 2.55. The summed E-state index contributed by atoms with van der Waals surface area (Å²) in [4.78, 5) is 23.8. The predicted molar refractivity (Wildman–Crippen MR) is 77.1 cm³/mol. The number of aldehydes is 1. The quantitative estimate of drug-likeness (QED) is 0.483. The number of allylic oxidation sites excluding steroid dienone is 1. The number of rotatable bonds is 4. The maximum Gasteiger partial charge on any atom is 0.326 e. The van der Waals surface area contributed by atoms with Crippen LogP contribution in [-0.4, -0.2) is 19.4 Å². The Labute approximate surface area is 124 Å². The molecule has 21 heavy (non-hydrogen) atoms. The van der Waals surface area contributed by atoms with Crippen molar-refractivity contribution in [2.45, 2.75) is 12.3 Å². The fourth-order valence-corrected chi connectivity index (χ4v) is 3.35. The topological polar surface area (TPSA) is 67.2 Å². The number of ether oxygens (including phenoxy) is 1. The zero-order valence-electron chi connectivity index (χ0n) is 11.9. The summed E-state index contributed by atoms with van der Waals surface area (Å²) in [5.74, 6) is -1.78. The van der Waals surface area contributed by atoms with Crippen molar-refractivity contribution < 1.29 is 14.3 Å². The molecule has 0 N–H and O–H groups in total. The standard InChI is InChI=1S/C17H17NO3/c1-3-12-9-17(11-18,16(20)21-2)15(14(12)10-19)13-7-5-4-6-8-13/h3-8,10,12,14-15H,1,9H2,2H3/t12-,14-,15+,17?/m0/s1. The van der Waals surface area contributed by atoms with Gasteiger partial charge in [-0.1, -0.05) is 36.4 Å². The Morgan fingerprint density at radius 2 is 2.14 bits per heavy atom. The Morgan fingerprint density at radius 1 is 1.48 bits per heavy atom. The molecule has 1 fully saturated rings. The smallest absolute Gasteiger partial charge is 0.326 e. The van der Waals surface area contributed by atoms with Crippen molar-refractivity contribution >= 4 is 12.3 Å². The van der Waals surface area contributed by atoms with Gasteiger partial charge in [-0.3, -0.25) is 4.79 Å². The molecule has 1 aromatic rings. The molecule has 0 radical (unpaired) electrons. The van der Waals surface area contributed by atoms with E-state index in [1.165, 1.54) is 7.11 Å². The van der Waals surface area contributed by atoms with Gasteiger partial charge in [0.25, 0.3) is 0 Å². The van der Waals surface area contributed by atoms with Gasteiger partial charge in [0, 0.05) is 11.8 Å². The number of carbonyl (C=O) groups excluding carboxylic acids is 2. The van der Waals surface area contributed by atoms with Crippen LogP contribution in [0, 0.1) is 28.6 Å². The molecule has 1 aromatic carbocycles. The van der Waals surface area contributed by atoms with Gasteiger partial charge in [0.15, 0.2) is 5.41 Å². The van der Waals surface area contributed by atoms with Crippen LogP contribution in [0.25, 0.3) is 0 Å². The van der Waals surface area contributed by atoms with Crippen LogP contribution in [-0.2, 0) is 14.3 Å². The molecule has 1 unspecified atom stereocenters. The van der Waals surface area contributed by atoms with Crippen LogP contribution < -0.4 is 0 Å². The third-order valence-electron chi connectivity index (χ3n) is 4.34. The molecule has 0 heterocycles. The first-order valence-electron chi connectivity index (χ1n) is 6.77. The van der Waals surface area contributed by atoms with E-state index < -0.39 is 23.2 Å². The van der Waals surface area contributed by atoms with Crippen LogP contribution in [0.1, 0.15) is 17.9 Å². The number of hydrogen-bond acceptors (Lipinski definition) is 4. The van der Waals surface area contributed by atoms with Crippen LogP contribution in [0.15, 0.2) is 43.0 Å². The minimum atomic E-state index is -1.35. The number of benzene rings is 1. The largest absolute Gasteiger partial charge is 0.468 e. The lowest BCUT2D eigenvalue weighted by atomic mass is 9.73. The Hall–Kier alpha value is -2.41. The molecule has 0 spiro atoms. The van der Waals surface area contributed by atoms with Crippen molar-refractivity contribution in [1.82, 2.24) is 0 Å². The summed E-state index contributed by atoms with van der Waals surface area (Å²) in [7, 11) is 1.26. The fourth-order valence-electron chi connectivity index (χ4n) is 3.35. The van der Waals surface area contributed by atoms with Crippen LogP contribution in [0.2, 0.25) is 0 Å². The maximum atomic E-state index is 12.3. The summed E-state index contributed by atoms with van der Waals surface area (Å²) >= 11 is 0. The molecule has 0 saturated heterocycles. The molecule has 0 aliphatic heterocycles. The van der Waals surface area contributed by atoms with Crippen molar-refractivity contribution in [2.24, 2.45) is 17.3 Å². The van der Waals surface area contributed by atoms with Crippen LogP contribution >= 0.6 is 0 Å². The van der Waals surface area contributed by atoms with Gasteiger partial charge in [-0.05, 0) is 17.9 Å². The third-order valence-corrected chi connectivity index (χ3v) is 4.34. The zero-order chi connectivity index (χ0) is 15.5. The van der Waals surface area contributed by atoms with Gasteiger partial charge >= 0.3 is 5.97 Å². The maximum absolute atomic E-state index is 12.3. The second kappa shape index (κ2) is 5.92. The molecule has 1 saturated carbocycles. The summed E-state index contributed by atoms with van der Waals surface area (Å²) in [5.41, 5.74) is -0.550. The van der Waals surface area contributed by atoms with Crippen LogP contribution in [0.5, 0.6) is 0 Å². The molecule has 1 aliphatic carbocycles. The highest BCUT2D eigenvalue weighted by atomic mass is 16.5. The molecular formula is C17H17NO3. The van der Waals surface area contributed by atoms with Gasteiger partial charge in [-0.15, -0.1) is 6.58 Å². The van der Waals surface area contributed by atoms with Gasteiger partial charge in [0.05, 0.1) is 13.2 Å². The van der Waals surface area contributed by atoms with E-state index in [2.05, 4.69) is 12.6 Å². The van der Waals surface area contributed by atoms with E-state index in [4.69, 9.17) is 4.74 Å². The number of carbonyl (C=O) groups is 2. The first-order valence-corrected chi connectivity index (χ1v) is 6.77. The Balaban J connectivity index is 2.62. The minimum Gasteiger partial charge on any atom is -0.468 e. The van der Waals surface area contributed by atoms with E-state index in [0.717, 1.165) is 11.8 Å². The molecule has 4 heteroatoms. The SMILES string of the molecule is C=C[C@H]1CC(C#N)(C(=O)OC)[C@H](c2ccccc2)[C@H]1C=O. The van der Waals surface area contributed by atoms with E-state index >= 15 is 0 Å². The minimum absolute atomic E-state index is 0.216. The van der Waals surface area contributed by atoms with Crippen molar-refractivity contribution in [3.05, 3.63) is 48.6 Å².